The second-order valence-corrected chi connectivity index (χ2v) is 5.88. The van der Waals surface area contributed by atoms with Crippen molar-refractivity contribution >= 4 is 28.9 Å². The van der Waals surface area contributed by atoms with Crippen molar-refractivity contribution < 1.29 is 4.74 Å². The van der Waals surface area contributed by atoms with Crippen molar-refractivity contribution in [2.45, 2.75) is 0 Å². The van der Waals surface area contributed by atoms with Crippen LogP contribution in [0, 0.1) is 0 Å². The number of imidazole rings is 1. The number of rotatable bonds is 3. The van der Waals surface area contributed by atoms with Crippen LogP contribution in [0.5, 0.6) is 0 Å². The predicted molar refractivity (Wildman–Crippen MR) is 88.0 cm³/mol. The Bertz CT molecular complexity index is 673. The lowest BCUT2D eigenvalue weighted by molar-refractivity contribution is 0.122. The summed E-state index contributed by atoms with van der Waals surface area (Å²) in [7, 11) is 9.94. The number of hydrogen-bond donors (Lipinski definition) is 0. The summed E-state index contributed by atoms with van der Waals surface area (Å²) in [6.45, 7) is 3.05. The molecule has 1 aliphatic rings. The third kappa shape index (κ3) is 2.43. The van der Waals surface area contributed by atoms with Crippen LogP contribution in [0.25, 0.3) is 11.2 Å². The quantitative estimate of drug-likeness (QED) is 0.810. The van der Waals surface area contributed by atoms with Gasteiger partial charge >= 0.3 is 0 Å². The second-order valence-electron chi connectivity index (χ2n) is 5.88. The molecule has 0 amide bonds. The van der Waals surface area contributed by atoms with Gasteiger partial charge in [0.15, 0.2) is 11.5 Å². The van der Waals surface area contributed by atoms with Gasteiger partial charge in [-0.2, -0.15) is 15.0 Å². The topological polar surface area (TPSA) is 62.6 Å². The molecule has 0 bridgehead atoms. The van der Waals surface area contributed by atoms with Gasteiger partial charge in [-0.15, -0.1) is 0 Å². The van der Waals surface area contributed by atoms with Crippen molar-refractivity contribution in [3.05, 3.63) is 0 Å². The maximum absolute atomic E-state index is 5.41. The first kappa shape index (κ1) is 14.8. The highest BCUT2D eigenvalue weighted by molar-refractivity contribution is 5.87. The van der Waals surface area contributed by atoms with Gasteiger partial charge in [0.25, 0.3) is 0 Å². The molecule has 8 nitrogen and oxygen atoms in total. The summed E-state index contributed by atoms with van der Waals surface area (Å²) in [5, 5.41) is 0. The lowest BCUT2D eigenvalue weighted by atomic mass is 10.4. The number of fused-ring (bicyclic) bond motifs is 1. The standard InChI is InChI=1S/C14H23N7O/c1-18(2)12-10-11(16-14(19(3)4)20(10)5)15-13(17-12)21-6-8-22-9-7-21/h6-9H2,1-5H3. The van der Waals surface area contributed by atoms with Gasteiger partial charge in [-0.3, -0.25) is 0 Å². The molecule has 0 N–H and O–H groups in total. The molecular formula is C14H23N7O. The number of morpholine rings is 1. The first-order chi connectivity index (χ1) is 10.5. The van der Waals surface area contributed by atoms with Gasteiger partial charge < -0.3 is 24.0 Å². The van der Waals surface area contributed by atoms with Gasteiger partial charge in [-0.05, 0) is 0 Å². The SMILES string of the molecule is CN(C)c1nc(N2CCOCC2)nc2nc(N(C)C)n(C)c12. The Labute approximate surface area is 130 Å². The summed E-state index contributed by atoms with van der Waals surface area (Å²) in [6, 6.07) is 0. The Hall–Kier alpha value is -2.09. The fourth-order valence-electron chi connectivity index (χ4n) is 2.68. The van der Waals surface area contributed by atoms with Crippen LogP contribution in [0.3, 0.4) is 0 Å². The summed E-state index contributed by atoms with van der Waals surface area (Å²) in [5.74, 6) is 2.48. The van der Waals surface area contributed by atoms with Crippen LogP contribution in [0.2, 0.25) is 0 Å². The molecule has 0 aliphatic carbocycles. The van der Waals surface area contributed by atoms with E-state index in [1.165, 1.54) is 0 Å². The van der Waals surface area contributed by atoms with E-state index in [1.807, 2.05) is 49.6 Å². The molecule has 0 unspecified atom stereocenters. The Morgan fingerprint density at radius 3 is 2.23 bits per heavy atom. The van der Waals surface area contributed by atoms with Crippen LogP contribution in [0.1, 0.15) is 0 Å². The lowest BCUT2D eigenvalue weighted by Crippen LogP contribution is -2.37. The van der Waals surface area contributed by atoms with Crippen molar-refractivity contribution in [1.29, 1.82) is 0 Å². The van der Waals surface area contributed by atoms with Gasteiger partial charge in [0.05, 0.1) is 13.2 Å². The molecule has 8 heteroatoms. The van der Waals surface area contributed by atoms with E-state index in [-0.39, 0.29) is 0 Å². The van der Waals surface area contributed by atoms with E-state index in [1.54, 1.807) is 0 Å². The molecule has 0 aromatic carbocycles. The minimum Gasteiger partial charge on any atom is -0.378 e. The average Bonchev–Trinajstić information content (AvgIpc) is 2.84. The lowest BCUT2D eigenvalue weighted by Gasteiger charge is -2.27. The predicted octanol–water partition coefficient (Wildman–Crippen LogP) is 0.332. The van der Waals surface area contributed by atoms with Crippen molar-refractivity contribution in [1.82, 2.24) is 19.5 Å². The maximum Gasteiger partial charge on any atom is 0.229 e. The molecule has 0 saturated carbocycles. The van der Waals surface area contributed by atoms with E-state index in [0.717, 1.165) is 42.0 Å². The molecular weight excluding hydrogens is 282 g/mol. The molecule has 1 aliphatic heterocycles. The Kier molecular flexibility index (Phi) is 3.78. The summed E-state index contributed by atoms with van der Waals surface area (Å²) in [5.41, 5.74) is 1.68. The first-order valence-electron chi connectivity index (χ1n) is 7.41. The van der Waals surface area contributed by atoms with E-state index in [0.29, 0.717) is 13.2 Å². The maximum atomic E-state index is 5.41. The van der Waals surface area contributed by atoms with Crippen molar-refractivity contribution in [3.63, 3.8) is 0 Å². The fraction of sp³-hybridized carbons (Fsp3) is 0.643. The van der Waals surface area contributed by atoms with Gasteiger partial charge in [0, 0.05) is 48.3 Å². The molecule has 0 spiro atoms. The minimum absolute atomic E-state index is 0.712. The summed E-state index contributed by atoms with van der Waals surface area (Å²) in [4.78, 5) is 20.3. The Morgan fingerprint density at radius 1 is 0.955 bits per heavy atom. The largest absolute Gasteiger partial charge is 0.378 e. The van der Waals surface area contributed by atoms with E-state index < -0.39 is 0 Å². The molecule has 0 radical (unpaired) electrons. The highest BCUT2D eigenvalue weighted by Gasteiger charge is 2.21. The van der Waals surface area contributed by atoms with Crippen molar-refractivity contribution in [3.8, 4) is 0 Å². The van der Waals surface area contributed by atoms with Crippen LogP contribution >= 0.6 is 0 Å². The zero-order valence-electron chi connectivity index (χ0n) is 13.9. The van der Waals surface area contributed by atoms with Crippen LogP contribution in [-0.4, -0.2) is 74.0 Å². The number of aryl methyl sites for hydroxylation is 1. The van der Waals surface area contributed by atoms with Crippen LogP contribution in [0.15, 0.2) is 0 Å². The van der Waals surface area contributed by atoms with Gasteiger partial charge in [0.1, 0.15) is 5.52 Å². The molecule has 0 atom stereocenters. The number of ether oxygens (including phenoxy) is 1. The van der Waals surface area contributed by atoms with E-state index in [2.05, 4.69) is 14.9 Å². The van der Waals surface area contributed by atoms with Gasteiger partial charge in [-0.1, -0.05) is 0 Å². The number of nitrogens with zero attached hydrogens (tertiary/aromatic N) is 7. The third-order valence-electron chi connectivity index (χ3n) is 3.79. The smallest absolute Gasteiger partial charge is 0.229 e. The molecule has 3 rings (SSSR count). The molecule has 3 heterocycles. The Morgan fingerprint density at radius 2 is 1.64 bits per heavy atom. The monoisotopic (exact) mass is 305 g/mol. The number of aromatic nitrogens is 4. The molecule has 1 saturated heterocycles. The van der Waals surface area contributed by atoms with Crippen molar-refractivity contribution in [2.75, 3.05) is 69.2 Å². The van der Waals surface area contributed by atoms with Crippen LogP contribution < -0.4 is 14.7 Å². The summed E-state index contributed by atoms with van der Waals surface area (Å²) >= 11 is 0. The highest BCUT2D eigenvalue weighted by atomic mass is 16.5. The van der Waals surface area contributed by atoms with Crippen LogP contribution in [-0.2, 0) is 11.8 Å². The van der Waals surface area contributed by atoms with Crippen LogP contribution in [0.4, 0.5) is 17.7 Å². The number of hydrogen-bond acceptors (Lipinski definition) is 7. The van der Waals surface area contributed by atoms with Gasteiger partial charge in [0.2, 0.25) is 11.9 Å². The molecule has 120 valence electrons. The molecule has 2 aromatic heterocycles. The zero-order valence-corrected chi connectivity index (χ0v) is 13.9. The normalized spacial score (nSPS) is 15.4. The van der Waals surface area contributed by atoms with E-state index in [9.17, 15) is 0 Å². The molecule has 2 aromatic rings. The zero-order chi connectivity index (χ0) is 15.9. The minimum atomic E-state index is 0.712. The average molecular weight is 305 g/mol. The molecule has 22 heavy (non-hydrogen) atoms. The molecule has 1 fully saturated rings. The van der Waals surface area contributed by atoms with Crippen molar-refractivity contribution in [2.24, 2.45) is 7.05 Å². The van der Waals surface area contributed by atoms with Gasteiger partial charge in [-0.25, -0.2) is 0 Å². The number of anilines is 3. The highest BCUT2D eigenvalue weighted by Crippen LogP contribution is 2.28. The second kappa shape index (κ2) is 5.60. The fourth-order valence-corrected chi connectivity index (χ4v) is 2.68. The summed E-state index contributed by atoms with van der Waals surface area (Å²) in [6.07, 6.45) is 0. The summed E-state index contributed by atoms with van der Waals surface area (Å²) < 4.78 is 7.44. The first-order valence-corrected chi connectivity index (χ1v) is 7.41. The van der Waals surface area contributed by atoms with E-state index >= 15 is 0 Å². The Balaban J connectivity index is 2.16. The third-order valence-corrected chi connectivity index (χ3v) is 3.79. The van der Waals surface area contributed by atoms with E-state index in [4.69, 9.17) is 9.72 Å².